The molecule has 3 aromatic rings. The third kappa shape index (κ3) is 3.17. The Kier molecular flexibility index (Phi) is 4.15. The van der Waals surface area contributed by atoms with E-state index in [-0.39, 0.29) is 23.8 Å². The highest BCUT2D eigenvalue weighted by molar-refractivity contribution is 6.04. The molecule has 136 valence electrons. The fraction of sp³-hybridized carbons (Fsp3) is 0.105. The summed E-state index contributed by atoms with van der Waals surface area (Å²) < 4.78 is 28.2. The van der Waals surface area contributed by atoms with Gasteiger partial charge in [0.1, 0.15) is 23.5 Å². The standard InChI is InChI=1S/C19H14F2N4O2/c20-12-7-5-11(6-8-12)13-10-22-25-16(19(27)24-18(13)25)9-17(26)23-15-4-2-1-3-14(15)21/h1-8,10,16H,9H2,(H,23,26)(H,24,27)/t16-/m0/s1. The van der Waals surface area contributed by atoms with Gasteiger partial charge in [-0.3, -0.25) is 9.59 Å². The summed E-state index contributed by atoms with van der Waals surface area (Å²) in [6.07, 6.45) is 1.35. The number of carbonyl (C=O) groups is 2. The van der Waals surface area contributed by atoms with Crippen molar-refractivity contribution in [2.24, 2.45) is 0 Å². The Hall–Kier alpha value is -3.55. The summed E-state index contributed by atoms with van der Waals surface area (Å²) >= 11 is 0. The Morgan fingerprint density at radius 1 is 1.15 bits per heavy atom. The molecule has 0 saturated heterocycles. The number of nitrogens with one attached hydrogen (secondary N) is 2. The van der Waals surface area contributed by atoms with Crippen molar-refractivity contribution >= 4 is 23.3 Å². The number of hydrogen-bond donors (Lipinski definition) is 2. The van der Waals surface area contributed by atoms with Crippen LogP contribution in [-0.2, 0) is 9.59 Å². The number of para-hydroxylation sites is 1. The zero-order valence-corrected chi connectivity index (χ0v) is 13.9. The number of rotatable bonds is 4. The van der Waals surface area contributed by atoms with Gasteiger partial charge in [0.25, 0.3) is 5.91 Å². The summed E-state index contributed by atoms with van der Waals surface area (Å²) in [5.74, 6) is -1.37. The maximum atomic E-state index is 13.7. The molecule has 1 aliphatic heterocycles. The second kappa shape index (κ2) is 6.64. The van der Waals surface area contributed by atoms with E-state index < -0.39 is 17.8 Å². The van der Waals surface area contributed by atoms with E-state index in [1.54, 1.807) is 24.4 Å². The molecule has 2 N–H and O–H groups in total. The van der Waals surface area contributed by atoms with Gasteiger partial charge < -0.3 is 10.6 Å². The summed E-state index contributed by atoms with van der Waals surface area (Å²) in [7, 11) is 0. The van der Waals surface area contributed by atoms with E-state index in [9.17, 15) is 18.4 Å². The molecule has 0 spiro atoms. The molecule has 0 bridgehead atoms. The van der Waals surface area contributed by atoms with E-state index in [2.05, 4.69) is 15.7 Å². The minimum Gasteiger partial charge on any atom is -0.324 e. The number of nitrogens with zero attached hydrogens (tertiary/aromatic N) is 2. The molecule has 8 heteroatoms. The Bertz CT molecular complexity index is 1030. The molecule has 0 fully saturated rings. The Morgan fingerprint density at radius 3 is 2.63 bits per heavy atom. The molecule has 1 aromatic heterocycles. The number of halogens is 2. The predicted octanol–water partition coefficient (Wildman–Crippen LogP) is 3.35. The normalized spacial score (nSPS) is 15.3. The lowest BCUT2D eigenvalue weighted by Crippen LogP contribution is -2.23. The van der Waals surface area contributed by atoms with Crippen molar-refractivity contribution in [1.29, 1.82) is 0 Å². The highest BCUT2D eigenvalue weighted by Gasteiger charge is 2.35. The smallest absolute Gasteiger partial charge is 0.251 e. The molecular weight excluding hydrogens is 354 g/mol. The lowest BCUT2D eigenvalue weighted by Gasteiger charge is -2.10. The molecule has 0 saturated carbocycles. The van der Waals surface area contributed by atoms with Crippen LogP contribution in [0.5, 0.6) is 0 Å². The molecule has 2 aromatic carbocycles. The van der Waals surface area contributed by atoms with Crippen molar-refractivity contribution in [2.45, 2.75) is 12.5 Å². The van der Waals surface area contributed by atoms with Gasteiger partial charge in [-0.05, 0) is 29.8 Å². The number of benzene rings is 2. The lowest BCUT2D eigenvalue weighted by atomic mass is 10.1. The van der Waals surface area contributed by atoms with Crippen LogP contribution in [0.4, 0.5) is 20.3 Å². The summed E-state index contributed by atoms with van der Waals surface area (Å²) in [5, 5.41) is 9.35. The molecule has 6 nitrogen and oxygen atoms in total. The first-order valence-corrected chi connectivity index (χ1v) is 8.21. The van der Waals surface area contributed by atoms with E-state index in [0.29, 0.717) is 16.9 Å². The minimum atomic E-state index is -0.846. The fourth-order valence-electron chi connectivity index (χ4n) is 2.99. The van der Waals surface area contributed by atoms with Crippen LogP contribution >= 0.6 is 0 Å². The van der Waals surface area contributed by atoms with Gasteiger partial charge in [-0.1, -0.05) is 24.3 Å². The van der Waals surface area contributed by atoms with Crippen molar-refractivity contribution in [3.8, 4) is 11.1 Å². The Balaban J connectivity index is 1.55. The summed E-state index contributed by atoms with van der Waals surface area (Å²) in [6, 6.07) is 10.7. The second-order valence-electron chi connectivity index (χ2n) is 6.10. The van der Waals surface area contributed by atoms with Crippen LogP contribution in [0.2, 0.25) is 0 Å². The molecule has 0 radical (unpaired) electrons. The Labute approximate surface area is 152 Å². The third-order valence-electron chi connectivity index (χ3n) is 4.32. The third-order valence-corrected chi connectivity index (χ3v) is 4.32. The van der Waals surface area contributed by atoms with Crippen molar-refractivity contribution in [3.05, 3.63) is 66.4 Å². The molecule has 27 heavy (non-hydrogen) atoms. The maximum absolute atomic E-state index is 13.7. The van der Waals surface area contributed by atoms with Crippen molar-refractivity contribution in [3.63, 3.8) is 0 Å². The summed E-state index contributed by atoms with van der Waals surface area (Å²) in [4.78, 5) is 24.5. The van der Waals surface area contributed by atoms with E-state index in [4.69, 9.17) is 0 Å². The number of fused-ring (bicyclic) bond motifs is 1. The zero-order valence-electron chi connectivity index (χ0n) is 13.9. The number of hydrogen-bond acceptors (Lipinski definition) is 3. The van der Waals surface area contributed by atoms with Crippen LogP contribution in [0.1, 0.15) is 12.5 Å². The minimum absolute atomic E-state index is 0.0496. The fourth-order valence-corrected chi connectivity index (χ4v) is 2.99. The van der Waals surface area contributed by atoms with Crippen LogP contribution in [0.3, 0.4) is 0 Å². The average molecular weight is 368 g/mol. The first-order valence-electron chi connectivity index (χ1n) is 8.21. The second-order valence-corrected chi connectivity index (χ2v) is 6.10. The van der Waals surface area contributed by atoms with Crippen molar-refractivity contribution in [2.75, 3.05) is 10.6 Å². The molecule has 0 aliphatic carbocycles. The van der Waals surface area contributed by atoms with Gasteiger partial charge in [0.05, 0.1) is 18.3 Å². The molecule has 2 heterocycles. The highest BCUT2D eigenvalue weighted by atomic mass is 19.1. The van der Waals surface area contributed by atoms with E-state index in [0.717, 1.165) is 0 Å². The van der Waals surface area contributed by atoms with Crippen LogP contribution in [0.15, 0.2) is 54.7 Å². The SMILES string of the molecule is O=C(C[C@H]1C(=O)Nc2c(-c3ccc(F)cc3)cnn21)Nc1ccccc1F. The summed E-state index contributed by atoms with van der Waals surface area (Å²) in [6.45, 7) is 0. The molecule has 0 unspecified atom stereocenters. The highest BCUT2D eigenvalue weighted by Crippen LogP contribution is 2.35. The van der Waals surface area contributed by atoms with Gasteiger partial charge in [0, 0.05) is 5.56 Å². The number of anilines is 2. The van der Waals surface area contributed by atoms with Gasteiger partial charge in [-0.25, -0.2) is 13.5 Å². The lowest BCUT2D eigenvalue weighted by molar-refractivity contribution is -0.123. The quantitative estimate of drug-likeness (QED) is 0.742. The maximum Gasteiger partial charge on any atom is 0.251 e. The number of carbonyl (C=O) groups excluding carboxylic acids is 2. The van der Waals surface area contributed by atoms with Crippen LogP contribution in [-0.4, -0.2) is 21.6 Å². The molecule has 1 aliphatic rings. The van der Waals surface area contributed by atoms with Crippen LogP contribution < -0.4 is 10.6 Å². The van der Waals surface area contributed by atoms with Gasteiger partial charge >= 0.3 is 0 Å². The van der Waals surface area contributed by atoms with Gasteiger partial charge in [0.2, 0.25) is 5.91 Å². The first-order chi connectivity index (χ1) is 13.0. The topological polar surface area (TPSA) is 76.0 Å². The van der Waals surface area contributed by atoms with Crippen LogP contribution in [0, 0.1) is 11.6 Å². The first kappa shape index (κ1) is 16.9. The molecule has 1 atom stereocenters. The zero-order chi connectivity index (χ0) is 19.0. The summed E-state index contributed by atoms with van der Waals surface area (Å²) in [5.41, 5.74) is 1.36. The van der Waals surface area contributed by atoms with Crippen molar-refractivity contribution in [1.82, 2.24) is 9.78 Å². The largest absolute Gasteiger partial charge is 0.324 e. The van der Waals surface area contributed by atoms with Crippen molar-refractivity contribution < 1.29 is 18.4 Å². The van der Waals surface area contributed by atoms with Crippen LogP contribution in [0.25, 0.3) is 11.1 Å². The molecular formula is C19H14F2N4O2. The van der Waals surface area contributed by atoms with Gasteiger partial charge in [-0.15, -0.1) is 0 Å². The van der Waals surface area contributed by atoms with Gasteiger partial charge in [-0.2, -0.15) is 5.10 Å². The molecule has 4 rings (SSSR count). The number of amides is 2. The van der Waals surface area contributed by atoms with Gasteiger partial charge in [0.15, 0.2) is 0 Å². The van der Waals surface area contributed by atoms with E-state index in [1.165, 1.54) is 35.0 Å². The monoisotopic (exact) mass is 368 g/mol. The van der Waals surface area contributed by atoms with E-state index >= 15 is 0 Å². The number of aromatic nitrogens is 2. The average Bonchev–Trinajstić information content (AvgIpc) is 3.18. The van der Waals surface area contributed by atoms with E-state index in [1.807, 2.05) is 0 Å². The molecule has 2 amide bonds. The predicted molar refractivity (Wildman–Crippen MR) is 94.9 cm³/mol. The Morgan fingerprint density at radius 2 is 1.89 bits per heavy atom.